The second kappa shape index (κ2) is 11.6. The summed E-state index contributed by atoms with van der Waals surface area (Å²) in [5.74, 6) is -5.06. The highest BCUT2D eigenvalue weighted by molar-refractivity contribution is 5.80. The highest BCUT2D eigenvalue weighted by Crippen LogP contribution is 2.35. The number of hydrogen-bond acceptors (Lipinski definition) is 11. The first-order valence-corrected chi connectivity index (χ1v) is 11.9. The van der Waals surface area contributed by atoms with E-state index < -0.39 is 110 Å². The molecule has 11 heteroatoms. The minimum absolute atomic E-state index is 0.409. The van der Waals surface area contributed by atoms with Crippen LogP contribution < -0.4 is 0 Å². The summed E-state index contributed by atoms with van der Waals surface area (Å²) >= 11 is 0. The van der Waals surface area contributed by atoms with Crippen LogP contribution in [0.3, 0.4) is 0 Å². The van der Waals surface area contributed by atoms with Gasteiger partial charge in [0.2, 0.25) is 12.4 Å². The summed E-state index contributed by atoms with van der Waals surface area (Å²) in [6.45, 7) is 9.58. The Labute approximate surface area is 230 Å². The largest absolute Gasteiger partial charge is 0.467 e. The molecule has 1 aliphatic rings. The molecule has 1 heterocycles. The number of hydrogen-bond donors (Lipinski definition) is 0. The van der Waals surface area contributed by atoms with E-state index in [0.717, 1.165) is 7.11 Å². The van der Waals surface area contributed by atoms with E-state index in [1.54, 1.807) is 0 Å². The maximum Gasteiger partial charge on any atom is 0.339 e. The molecule has 218 valence electrons. The van der Waals surface area contributed by atoms with Crippen molar-refractivity contribution in [3.8, 4) is 0 Å². The highest BCUT2D eigenvalue weighted by Gasteiger charge is 2.58. The maximum atomic E-state index is 13.2. The van der Waals surface area contributed by atoms with E-state index in [2.05, 4.69) is 0 Å². The number of carbonyl (C=O) groups is 5. The van der Waals surface area contributed by atoms with Crippen LogP contribution in [-0.2, 0) is 52.4 Å². The Bertz CT molecular complexity index is 1010. The monoisotopic (exact) mass is 548 g/mol. The Morgan fingerprint density at radius 1 is 0.579 bits per heavy atom. The van der Waals surface area contributed by atoms with Gasteiger partial charge in [0.15, 0.2) is 18.3 Å². The Morgan fingerprint density at radius 3 is 1.29 bits per heavy atom. The molecule has 0 bridgehead atoms. The van der Waals surface area contributed by atoms with Crippen LogP contribution in [0.2, 0.25) is 0 Å². The molecule has 5 atom stereocenters. The molecule has 11 nitrogen and oxygen atoms in total. The number of carbonyl (C=O) groups excluding carboxylic acids is 5. The van der Waals surface area contributed by atoms with E-state index in [9.17, 15) is 24.0 Å². The molecule has 1 unspecified atom stereocenters. The molecule has 0 saturated carbocycles. The van der Waals surface area contributed by atoms with Crippen molar-refractivity contribution in [2.45, 2.75) is 114 Å². The van der Waals surface area contributed by atoms with Crippen molar-refractivity contribution in [3.63, 3.8) is 0 Å². The molecule has 0 spiro atoms. The minimum Gasteiger partial charge on any atom is -0.467 e. The molecule has 1 rings (SSSR count). The summed E-state index contributed by atoms with van der Waals surface area (Å²) in [5, 5.41) is 0. The van der Waals surface area contributed by atoms with Gasteiger partial charge in [-0.2, -0.15) is 0 Å². The fourth-order valence-electron chi connectivity index (χ4n) is 2.71. The van der Waals surface area contributed by atoms with Crippen molar-refractivity contribution < 1.29 is 57.9 Å². The summed E-state index contributed by atoms with van der Waals surface area (Å²) in [5.41, 5.74) is -5.58. The molecule has 1 aliphatic heterocycles. The lowest BCUT2D eigenvalue weighted by atomic mass is 9.92. The minimum atomic E-state index is -1.92. The molecular formula is C27H44O11. The third-order valence-electron chi connectivity index (χ3n) is 5.09. The van der Waals surface area contributed by atoms with Gasteiger partial charge < -0.3 is 28.4 Å². The van der Waals surface area contributed by atoms with Crippen LogP contribution in [-0.4, -0.2) is 67.7 Å². The molecule has 0 aromatic rings. The van der Waals surface area contributed by atoms with Crippen molar-refractivity contribution in [3.05, 3.63) is 0 Å². The zero-order valence-electron chi connectivity index (χ0n) is 27.7. The van der Waals surface area contributed by atoms with E-state index >= 15 is 0 Å². The molecule has 1 fully saturated rings. The SMILES string of the molecule is [2H]CC(C)(C)C(=O)OC1O[C@H](C(=O)OC)[C@@H](OC(=O)C(C)(C)C[2H])[C@H](OC(=O)C(C)(C)C[2H])[C@H]1OC(=O)C(C)(C)C[2H]. The Balaban J connectivity index is 3.90. The average Bonchev–Trinajstić information content (AvgIpc) is 2.94. The summed E-state index contributed by atoms with van der Waals surface area (Å²) in [4.78, 5) is 65.5. The third-order valence-corrected chi connectivity index (χ3v) is 5.09. The van der Waals surface area contributed by atoms with Crippen molar-refractivity contribution >= 4 is 29.8 Å². The summed E-state index contributed by atoms with van der Waals surface area (Å²) in [6.07, 6.45) is -9.29. The van der Waals surface area contributed by atoms with E-state index in [1.807, 2.05) is 0 Å². The van der Waals surface area contributed by atoms with Crippen LogP contribution in [0.1, 0.15) is 88.5 Å². The van der Waals surface area contributed by atoms with Crippen molar-refractivity contribution in [2.75, 3.05) is 7.11 Å². The first kappa shape index (κ1) is 26.9. The summed E-state index contributed by atoms with van der Waals surface area (Å²) in [7, 11) is 1.01. The molecule has 1 saturated heterocycles. The van der Waals surface area contributed by atoms with E-state index in [4.69, 9.17) is 33.9 Å². The second-order valence-electron chi connectivity index (χ2n) is 12.0. The predicted octanol–water partition coefficient (Wildman–Crippen LogP) is 3.35. The molecule has 0 aromatic heterocycles. The Morgan fingerprint density at radius 2 is 0.921 bits per heavy atom. The first-order chi connectivity index (χ1) is 19.1. The van der Waals surface area contributed by atoms with Crippen LogP contribution in [0.15, 0.2) is 0 Å². The highest BCUT2D eigenvalue weighted by atomic mass is 16.8. The van der Waals surface area contributed by atoms with Gasteiger partial charge in [-0.15, -0.1) is 0 Å². The van der Waals surface area contributed by atoms with Crippen LogP contribution >= 0.6 is 0 Å². The fraction of sp³-hybridized carbons (Fsp3) is 0.815. The van der Waals surface area contributed by atoms with E-state index in [-0.39, 0.29) is 0 Å². The van der Waals surface area contributed by atoms with E-state index in [1.165, 1.54) is 55.4 Å². The summed E-state index contributed by atoms with van der Waals surface area (Å²) < 4.78 is 63.9. The maximum absolute atomic E-state index is 13.2. The molecule has 0 radical (unpaired) electrons. The predicted molar refractivity (Wildman–Crippen MR) is 134 cm³/mol. The topological polar surface area (TPSA) is 141 Å². The number of ether oxygens (including phenoxy) is 6. The van der Waals surface area contributed by atoms with Gasteiger partial charge in [-0.25, -0.2) is 4.79 Å². The van der Waals surface area contributed by atoms with Crippen molar-refractivity contribution in [1.82, 2.24) is 0 Å². The average molecular weight is 549 g/mol. The van der Waals surface area contributed by atoms with Crippen LogP contribution in [0.4, 0.5) is 0 Å². The van der Waals surface area contributed by atoms with Gasteiger partial charge in [0.25, 0.3) is 0 Å². The van der Waals surface area contributed by atoms with Crippen molar-refractivity contribution in [1.29, 1.82) is 0 Å². The Kier molecular flexibility index (Phi) is 8.20. The van der Waals surface area contributed by atoms with E-state index in [0.29, 0.717) is 0 Å². The lowest BCUT2D eigenvalue weighted by Crippen LogP contribution is -2.65. The zero-order valence-corrected chi connectivity index (χ0v) is 23.7. The summed E-state index contributed by atoms with van der Waals surface area (Å²) in [6, 6.07) is 0. The van der Waals surface area contributed by atoms with Crippen LogP contribution in [0, 0.1) is 21.7 Å². The molecular weight excluding hydrogens is 500 g/mol. The normalized spacial score (nSPS) is 26.0. The lowest BCUT2D eigenvalue weighted by molar-refractivity contribution is -0.300. The number of methoxy groups -OCH3 is 1. The van der Waals surface area contributed by atoms with Gasteiger partial charge in [-0.1, -0.05) is 0 Å². The number of rotatable bonds is 5. The van der Waals surface area contributed by atoms with Crippen LogP contribution in [0.25, 0.3) is 0 Å². The molecule has 0 aromatic carbocycles. The molecule has 38 heavy (non-hydrogen) atoms. The molecule has 0 N–H and O–H groups in total. The first-order valence-electron chi connectivity index (χ1n) is 14.7. The smallest absolute Gasteiger partial charge is 0.339 e. The number of esters is 5. The van der Waals surface area contributed by atoms with Crippen molar-refractivity contribution in [2.24, 2.45) is 21.7 Å². The van der Waals surface area contributed by atoms with Gasteiger partial charge in [0.05, 0.1) is 28.8 Å². The van der Waals surface area contributed by atoms with Gasteiger partial charge in [0, 0.05) is 5.48 Å². The standard InChI is InChI=1S/C27H44O11/c1-24(2,3)20(29)35-14-15(36-21(30)25(4,5)6)17(37-22(31)26(7,8)9)19(34-16(14)18(28)33-13)38-23(32)27(10,11)12/h14-17,19H,1-13H3/t14-,15-,16-,17+,19?/m0/s1/i1D,4D,7D,10D. The fourth-order valence-corrected chi connectivity index (χ4v) is 2.71. The Hall–Kier alpha value is -2.69. The zero-order chi connectivity index (χ0) is 32.8. The van der Waals surface area contributed by atoms with Crippen LogP contribution in [0.5, 0.6) is 0 Å². The second-order valence-corrected chi connectivity index (χ2v) is 12.0. The third kappa shape index (κ3) is 8.68. The van der Waals surface area contributed by atoms with Gasteiger partial charge in [0.1, 0.15) is 0 Å². The lowest BCUT2D eigenvalue weighted by Gasteiger charge is -2.45. The quantitative estimate of drug-likeness (QED) is 0.369. The van der Waals surface area contributed by atoms with Gasteiger partial charge in [-0.3, -0.25) is 19.2 Å². The van der Waals surface area contributed by atoms with Gasteiger partial charge >= 0.3 is 29.8 Å². The molecule has 0 aliphatic carbocycles. The molecule has 0 amide bonds. The van der Waals surface area contributed by atoms with Gasteiger partial charge in [-0.05, 0) is 83.0 Å².